The standard InChI is InChI=1S/C19H22F3N3O2.HI/c1-3-23-19(24-11-13-7-9-14(26-2)10-8-13)25-12-15-16(20)5-4-6-17(15)27-18(21)22;/h4-10,18H,3,11-12H2,1-2H3,(H2,23,24,25);1H. The number of aliphatic imine (C=N–C) groups is 1. The topological polar surface area (TPSA) is 54.9 Å². The van der Waals surface area contributed by atoms with Gasteiger partial charge in [-0.05, 0) is 36.8 Å². The van der Waals surface area contributed by atoms with Gasteiger partial charge in [0.1, 0.15) is 17.3 Å². The Morgan fingerprint density at radius 2 is 1.82 bits per heavy atom. The summed E-state index contributed by atoms with van der Waals surface area (Å²) in [4.78, 5) is 4.42. The molecule has 0 fully saturated rings. The minimum Gasteiger partial charge on any atom is -0.497 e. The van der Waals surface area contributed by atoms with Crippen LogP contribution >= 0.6 is 24.0 Å². The molecular weight excluding hydrogens is 486 g/mol. The molecule has 2 aromatic carbocycles. The summed E-state index contributed by atoms with van der Waals surface area (Å²) < 4.78 is 48.5. The normalized spacial score (nSPS) is 11.0. The van der Waals surface area contributed by atoms with Gasteiger partial charge < -0.3 is 20.1 Å². The molecule has 154 valence electrons. The van der Waals surface area contributed by atoms with Crippen LogP contribution in [0.4, 0.5) is 13.2 Å². The molecule has 5 nitrogen and oxygen atoms in total. The SMILES string of the molecule is CCNC(=NCc1ccc(OC)cc1)NCc1c(F)cccc1OC(F)F.I. The highest BCUT2D eigenvalue weighted by Gasteiger charge is 2.14. The van der Waals surface area contributed by atoms with Gasteiger partial charge in [-0.3, -0.25) is 0 Å². The van der Waals surface area contributed by atoms with E-state index >= 15 is 0 Å². The highest BCUT2D eigenvalue weighted by Crippen LogP contribution is 2.23. The van der Waals surface area contributed by atoms with Crippen molar-refractivity contribution in [3.63, 3.8) is 0 Å². The van der Waals surface area contributed by atoms with Crippen molar-refractivity contribution < 1.29 is 22.6 Å². The molecular formula is C19H23F3IN3O2. The third-order valence-electron chi connectivity index (χ3n) is 3.65. The molecule has 0 aromatic heterocycles. The number of nitrogens with zero attached hydrogens (tertiary/aromatic N) is 1. The van der Waals surface area contributed by atoms with E-state index in [0.717, 1.165) is 11.3 Å². The summed E-state index contributed by atoms with van der Waals surface area (Å²) in [7, 11) is 1.59. The monoisotopic (exact) mass is 509 g/mol. The molecule has 2 rings (SSSR count). The second kappa shape index (κ2) is 12.3. The van der Waals surface area contributed by atoms with Gasteiger partial charge in [-0.1, -0.05) is 18.2 Å². The number of methoxy groups -OCH3 is 1. The van der Waals surface area contributed by atoms with Gasteiger partial charge in [-0.15, -0.1) is 24.0 Å². The fourth-order valence-corrected chi connectivity index (χ4v) is 2.33. The highest BCUT2D eigenvalue weighted by atomic mass is 127. The van der Waals surface area contributed by atoms with Gasteiger partial charge in [0.25, 0.3) is 0 Å². The fraction of sp³-hybridized carbons (Fsp3) is 0.316. The molecule has 0 unspecified atom stereocenters. The molecule has 0 amide bonds. The number of ether oxygens (including phenoxy) is 2. The number of benzene rings is 2. The van der Waals surface area contributed by atoms with Gasteiger partial charge in [0.2, 0.25) is 0 Å². The van der Waals surface area contributed by atoms with Crippen LogP contribution in [0.1, 0.15) is 18.1 Å². The van der Waals surface area contributed by atoms with Crippen LogP contribution in [0.3, 0.4) is 0 Å². The maximum atomic E-state index is 14.0. The average Bonchev–Trinajstić information content (AvgIpc) is 2.65. The van der Waals surface area contributed by atoms with E-state index < -0.39 is 12.4 Å². The first kappa shape index (κ1) is 23.9. The summed E-state index contributed by atoms with van der Waals surface area (Å²) in [6.07, 6.45) is 0. The first-order chi connectivity index (χ1) is 13.0. The summed E-state index contributed by atoms with van der Waals surface area (Å²) in [5, 5.41) is 5.96. The van der Waals surface area contributed by atoms with E-state index in [9.17, 15) is 13.2 Å². The van der Waals surface area contributed by atoms with Crippen molar-refractivity contribution in [3.8, 4) is 11.5 Å². The van der Waals surface area contributed by atoms with E-state index in [0.29, 0.717) is 19.0 Å². The van der Waals surface area contributed by atoms with Crippen molar-refractivity contribution >= 4 is 29.9 Å². The lowest BCUT2D eigenvalue weighted by atomic mass is 10.2. The van der Waals surface area contributed by atoms with Gasteiger partial charge in [-0.25, -0.2) is 9.38 Å². The first-order valence-corrected chi connectivity index (χ1v) is 8.40. The van der Waals surface area contributed by atoms with E-state index in [2.05, 4.69) is 20.4 Å². The Kier molecular flexibility index (Phi) is 10.5. The van der Waals surface area contributed by atoms with Crippen LogP contribution in [-0.4, -0.2) is 26.2 Å². The van der Waals surface area contributed by atoms with Crippen LogP contribution in [0, 0.1) is 5.82 Å². The predicted octanol–water partition coefficient (Wildman–Crippen LogP) is 4.31. The fourth-order valence-electron chi connectivity index (χ4n) is 2.33. The number of hydrogen-bond acceptors (Lipinski definition) is 3. The molecule has 0 saturated heterocycles. The Labute approximate surface area is 179 Å². The van der Waals surface area contributed by atoms with Crippen LogP contribution in [0.25, 0.3) is 0 Å². The van der Waals surface area contributed by atoms with Gasteiger partial charge >= 0.3 is 6.61 Å². The van der Waals surface area contributed by atoms with Gasteiger partial charge in [-0.2, -0.15) is 8.78 Å². The minimum atomic E-state index is -3.03. The second-order valence-electron chi connectivity index (χ2n) is 5.49. The molecule has 0 aliphatic heterocycles. The second-order valence-corrected chi connectivity index (χ2v) is 5.49. The van der Waals surface area contributed by atoms with Crippen LogP contribution in [-0.2, 0) is 13.1 Å². The number of rotatable bonds is 8. The number of hydrogen-bond donors (Lipinski definition) is 2. The Hall–Kier alpha value is -2.17. The molecule has 0 atom stereocenters. The number of halogens is 4. The van der Waals surface area contributed by atoms with Gasteiger partial charge in [0, 0.05) is 18.7 Å². The van der Waals surface area contributed by atoms with Crippen molar-refractivity contribution in [2.75, 3.05) is 13.7 Å². The van der Waals surface area contributed by atoms with Crippen molar-refractivity contribution in [2.45, 2.75) is 26.6 Å². The predicted molar refractivity (Wildman–Crippen MR) is 113 cm³/mol. The summed E-state index contributed by atoms with van der Waals surface area (Å²) in [6, 6.07) is 11.2. The molecule has 2 aromatic rings. The largest absolute Gasteiger partial charge is 0.497 e. The molecule has 9 heteroatoms. The van der Waals surface area contributed by atoms with E-state index in [1.807, 2.05) is 31.2 Å². The van der Waals surface area contributed by atoms with Crippen LogP contribution in [0.2, 0.25) is 0 Å². The lowest BCUT2D eigenvalue weighted by molar-refractivity contribution is -0.0506. The summed E-state index contributed by atoms with van der Waals surface area (Å²) >= 11 is 0. The smallest absolute Gasteiger partial charge is 0.387 e. The summed E-state index contributed by atoms with van der Waals surface area (Å²) in [6.45, 7) is -0.215. The number of alkyl halides is 2. The Morgan fingerprint density at radius 3 is 2.43 bits per heavy atom. The number of nitrogens with one attached hydrogen (secondary N) is 2. The lowest BCUT2D eigenvalue weighted by Crippen LogP contribution is -2.37. The molecule has 0 saturated carbocycles. The molecule has 0 aliphatic carbocycles. The summed E-state index contributed by atoms with van der Waals surface area (Å²) in [5.41, 5.74) is 0.966. The maximum absolute atomic E-state index is 14.0. The Morgan fingerprint density at radius 1 is 1.11 bits per heavy atom. The Balaban J connectivity index is 0.00000392. The van der Waals surface area contributed by atoms with Gasteiger partial charge in [0.15, 0.2) is 5.96 Å². The van der Waals surface area contributed by atoms with E-state index in [1.165, 1.54) is 18.2 Å². The Bertz CT molecular complexity index is 759. The lowest BCUT2D eigenvalue weighted by Gasteiger charge is -2.15. The minimum absolute atomic E-state index is 0. The maximum Gasteiger partial charge on any atom is 0.387 e. The van der Waals surface area contributed by atoms with E-state index in [1.54, 1.807) is 7.11 Å². The molecule has 0 radical (unpaired) electrons. The number of guanidine groups is 1. The molecule has 0 bridgehead atoms. The summed E-state index contributed by atoms with van der Waals surface area (Å²) in [5.74, 6) is 0.341. The first-order valence-electron chi connectivity index (χ1n) is 8.40. The molecule has 0 heterocycles. The third kappa shape index (κ3) is 7.45. The van der Waals surface area contributed by atoms with Crippen molar-refractivity contribution in [1.29, 1.82) is 0 Å². The van der Waals surface area contributed by atoms with E-state index in [4.69, 9.17) is 4.74 Å². The van der Waals surface area contributed by atoms with Crippen molar-refractivity contribution in [3.05, 3.63) is 59.4 Å². The van der Waals surface area contributed by atoms with Crippen molar-refractivity contribution in [2.24, 2.45) is 4.99 Å². The molecule has 0 spiro atoms. The van der Waals surface area contributed by atoms with Crippen LogP contribution in [0.5, 0.6) is 11.5 Å². The average molecular weight is 509 g/mol. The van der Waals surface area contributed by atoms with Crippen LogP contribution < -0.4 is 20.1 Å². The van der Waals surface area contributed by atoms with E-state index in [-0.39, 0.29) is 41.8 Å². The molecule has 2 N–H and O–H groups in total. The van der Waals surface area contributed by atoms with Crippen molar-refractivity contribution in [1.82, 2.24) is 10.6 Å². The zero-order chi connectivity index (χ0) is 19.6. The zero-order valence-corrected chi connectivity index (χ0v) is 17.9. The third-order valence-corrected chi connectivity index (χ3v) is 3.65. The van der Waals surface area contributed by atoms with Crippen LogP contribution in [0.15, 0.2) is 47.5 Å². The molecule has 0 aliphatic rings. The van der Waals surface area contributed by atoms with Gasteiger partial charge in [0.05, 0.1) is 13.7 Å². The zero-order valence-electron chi connectivity index (χ0n) is 15.5. The highest BCUT2D eigenvalue weighted by molar-refractivity contribution is 14.0. The quantitative estimate of drug-likeness (QED) is 0.317. The molecule has 28 heavy (non-hydrogen) atoms.